The average Bonchev–Trinajstić information content (AvgIpc) is 3.11. The first-order valence-corrected chi connectivity index (χ1v) is 23.0. The second-order valence-corrected chi connectivity index (χ2v) is 16.1. The average molecular weight is 748 g/mol. The Morgan fingerprint density at radius 2 is 0.882 bits per heavy atom. The first-order chi connectivity index (χ1) is 24.8. The number of carbonyl (C=O) groups is 2. The summed E-state index contributed by atoms with van der Waals surface area (Å²) in [6, 6.07) is 0. The minimum atomic E-state index is -4.40. The third kappa shape index (κ3) is 40.0. The topological polar surface area (TPSA) is 131 Å². The van der Waals surface area contributed by atoms with E-state index in [2.05, 4.69) is 19.2 Å². The number of phosphoric acid groups is 1. The predicted octanol–water partition coefficient (Wildman–Crippen LogP) is 11.7. The van der Waals surface area contributed by atoms with Gasteiger partial charge in [-0.2, -0.15) is 0 Å². The first-order valence-electron chi connectivity index (χ1n) is 21.5. The molecule has 9 nitrogen and oxygen atoms in total. The second kappa shape index (κ2) is 38.7. The molecule has 2 atom stereocenters. The highest BCUT2D eigenvalue weighted by Gasteiger charge is 2.23. The number of aliphatic hydroxyl groups is 1. The summed E-state index contributed by atoms with van der Waals surface area (Å²) < 4.78 is 26.7. The normalized spacial score (nSPS) is 13.3. The molecule has 0 saturated carbocycles. The third-order valence-corrected chi connectivity index (χ3v) is 10.5. The number of ether oxygens (including phenoxy) is 1. The molecule has 0 aromatic rings. The van der Waals surface area contributed by atoms with Crippen LogP contribution in [0.2, 0.25) is 0 Å². The van der Waals surface area contributed by atoms with Crippen LogP contribution in [-0.4, -0.2) is 54.3 Å². The van der Waals surface area contributed by atoms with Crippen LogP contribution in [-0.2, 0) is 27.9 Å². The fourth-order valence-corrected chi connectivity index (χ4v) is 7.02. The van der Waals surface area contributed by atoms with Gasteiger partial charge >= 0.3 is 13.8 Å². The molecule has 2 unspecified atom stereocenters. The lowest BCUT2D eigenvalue weighted by Crippen LogP contribution is -2.27. The summed E-state index contributed by atoms with van der Waals surface area (Å²) in [5, 5.41) is 12.6. The summed E-state index contributed by atoms with van der Waals surface area (Å²) in [6.07, 6.45) is 37.9. The molecular weight excluding hydrogens is 665 g/mol. The monoisotopic (exact) mass is 748 g/mol. The molecule has 304 valence electrons. The molecule has 0 radical (unpaired) electrons. The SMILES string of the molecule is CCCCCCCCCCCCCCCCCCCCCCCCCCC(=O)OCC(O)COP(=O)(O)OCCNC(=O)CCCCCCCC. The largest absolute Gasteiger partial charge is 0.472 e. The van der Waals surface area contributed by atoms with Gasteiger partial charge in [0.2, 0.25) is 5.91 Å². The van der Waals surface area contributed by atoms with Crippen molar-refractivity contribution in [1.82, 2.24) is 5.32 Å². The molecule has 0 rings (SSSR count). The molecule has 51 heavy (non-hydrogen) atoms. The number of nitrogens with one attached hydrogen (secondary N) is 1. The van der Waals surface area contributed by atoms with E-state index in [4.69, 9.17) is 13.8 Å². The van der Waals surface area contributed by atoms with Crippen molar-refractivity contribution < 1.29 is 37.9 Å². The van der Waals surface area contributed by atoms with E-state index in [1.54, 1.807) is 0 Å². The van der Waals surface area contributed by atoms with Crippen molar-refractivity contribution in [2.75, 3.05) is 26.4 Å². The van der Waals surface area contributed by atoms with Crippen LogP contribution in [0.3, 0.4) is 0 Å². The van der Waals surface area contributed by atoms with E-state index in [0.717, 1.165) is 38.5 Å². The molecule has 10 heteroatoms. The molecular formula is C41H82NO8P. The van der Waals surface area contributed by atoms with Crippen LogP contribution in [0.1, 0.15) is 219 Å². The lowest BCUT2D eigenvalue weighted by Gasteiger charge is -2.15. The number of amides is 1. The summed E-state index contributed by atoms with van der Waals surface area (Å²) in [7, 11) is -4.40. The Morgan fingerprint density at radius 3 is 1.27 bits per heavy atom. The number of carbonyl (C=O) groups excluding carboxylic acids is 2. The van der Waals surface area contributed by atoms with Gasteiger partial charge in [0.1, 0.15) is 12.7 Å². The lowest BCUT2D eigenvalue weighted by molar-refractivity contribution is -0.147. The van der Waals surface area contributed by atoms with E-state index in [-0.39, 0.29) is 25.7 Å². The third-order valence-electron chi connectivity index (χ3n) is 9.54. The number of unbranched alkanes of at least 4 members (excludes halogenated alkanes) is 28. The Morgan fingerprint density at radius 1 is 0.529 bits per heavy atom. The van der Waals surface area contributed by atoms with E-state index in [0.29, 0.717) is 12.8 Å². The Bertz CT molecular complexity index is 815. The molecule has 0 aromatic heterocycles. The van der Waals surface area contributed by atoms with E-state index in [9.17, 15) is 24.2 Å². The van der Waals surface area contributed by atoms with E-state index in [1.807, 2.05) is 0 Å². The second-order valence-electron chi connectivity index (χ2n) is 14.7. The van der Waals surface area contributed by atoms with E-state index >= 15 is 0 Å². The number of hydrogen-bond acceptors (Lipinski definition) is 7. The summed E-state index contributed by atoms with van der Waals surface area (Å²) in [5.74, 6) is -0.515. The smallest absolute Gasteiger partial charge is 0.463 e. The highest BCUT2D eigenvalue weighted by Crippen LogP contribution is 2.42. The van der Waals surface area contributed by atoms with Crippen molar-refractivity contribution >= 4 is 19.7 Å². The van der Waals surface area contributed by atoms with Crippen LogP contribution in [0.15, 0.2) is 0 Å². The van der Waals surface area contributed by atoms with Crippen LogP contribution < -0.4 is 5.32 Å². The molecule has 0 saturated heterocycles. The standard InChI is InChI=1S/C41H82NO8P/c1-3-5-7-9-11-12-13-14-15-16-17-18-19-20-21-22-23-24-25-26-27-28-30-32-34-41(45)48-37-39(43)38-50-51(46,47)49-36-35-42-40(44)33-31-29-10-8-6-4-2/h39,43H,3-38H2,1-2H3,(H,42,44)(H,46,47). The Balaban J connectivity index is 3.46. The van der Waals surface area contributed by atoms with Gasteiger partial charge in [-0.15, -0.1) is 0 Å². The number of aliphatic hydroxyl groups excluding tert-OH is 1. The highest BCUT2D eigenvalue weighted by molar-refractivity contribution is 7.47. The Hall–Kier alpha value is -0.990. The van der Waals surface area contributed by atoms with Crippen LogP contribution >= 0.6 is 7.82 Å². The van der Waals surface area contributed by atoms with Gasteiger partial charge in [0.25, 0.3) is 0 Å². The van der Waals surface area contributed by atoms with E-state index < -0.39 is 26.5 Å². The maximum Gasteiger partial charge on any atom is 0.472 e. The molecule has 0 aromatic carbocycles. The van der Waals surface area contributed by atoms with Gasteiger partial charge in [-0.05, 0) is 12.8 Å². The van der Waals surface area contributed by atoms with Crippen molar-refractivity contribution in [2.24, 2.45) is 0 Å². The van der Waals surface area contributed by atoms with Crippen molar-refractivity contribution in [1.29, 1.82) is 0 Å². The minimum Gasteiger partial charge on any atom is -0.463 e. The van der Waals surface area contributed by atoms with Gasteiger partial charge in [-0.25, -0.2) is 4.57 Å². The Labute approximate surface area is 314 Å². The quantitative estimate of drug-likeness (QED) is 0.0320. The van der Waals surface area contributed by atoms with Gasteiger partial charge in [-0.3, -0.25) is 18.6 Å². The summed E-state index contributed by atoms with van der Waals surface area (Å²) in [5.41, 5.74) is 0. The van der Waals surface area contributed by atoms with Gasteiger partial charge in [0, 0.05) is 19.4 Å². The van der Waals surface area contributed by atoms with Crippen LogP contribution in [0.4, 0.5) is 0 Å². The zero-order valence-corrected chi connectivity index (χ0v) is 34.2. The van der Waals surface area contributed by atoms with Gasteiger partial charge < -0.3 is 20.1 Å². The van der Waals surface area contributed by atoms with Crippen LogP contribution in [0.25, 0.3) is 0 Å². The summed E-state index contributed by atoms with van der Waals surface area (Å²) >= 11 is 0. The molecule has 3 N–H and O–H groups in total. The van der Waals surface area contributed by atoms with Gasteiger partial charge in [-0.1, -0.05) is 194 Å². The number of rotatable bonds is 41. The molecule has 0 heterocycles. The van der Waals surface area contributed by atoms with E-state index in [1.165, 1.54) is 154 Å². The van der Waals surface area contributed by atoms with Crippen molar-refractivity contribution in [3.63, 3.8) is 0 Å². The van der Waals surface area contributed by atoms with Crippen molar-refractivity contribution in [3.05, 3.63) is 0 Å². The van der Waals surface area contributed by atoms with Gasteiger partial charge in [0.15, 0.2) is 0 Å². The maximum atomic E-state index is 12.0. The molecule has 0 aliphatic carbocycles. The molecule has 0 aliphatic rings. The highest BCUT2D eigenvalue weighted by atomic mass is 31.2. The number of hydrogen-bond donors (Lipinski definition) is 3. The zero-order chi connectivity index (χ0) is 37.5. The summed E-state index contributed by atoms with van der Waals surface area (Å²) in [6.45, 7) is 3.52. The van der Waals surface area contributed by atoms with Crippen LogP contribution in [0, 0.1) is 0 Å². The predicted molar refractivity (Wildman–Crippen MR) is 211 cm³/mol. The maximum absolute atomic E-state index is 12.0. The molecule has 0 aliphatic heterocycles. The van der Waals surface area contributed by atoms with Crippen molar-refractivity contribution in [3.8, 4) is 0 Å². The molecule has 0 spiro atoms. The molecule has 0 fully saturated rings. The molecule has 1 amide bonds. The summed E-state index contributed by atoms with van der Waals surface area (Å²) in [4.78, 5) is 33.6. The minimum absolute atomic E-state index is 0.0857. The Kier molecular flexibility index (Phi) is 38.0. The van der Waals surface area contributed by atoms with Crippen molar-refractivity contribution in [2.45, 2.75) is 225 Å². The first kappa shape index (κ1) is 50.0. The van der Waals surface area contributed by atoms with Gasteiger partial charge in [0.05, 0.1) is 13.2 Å². The van der Waals surface area contributed by atoms with Crippen LogP contribution in [0.5, 0.6) is 0 Å². The lowest BCUT2D eigenvalue weighted by atomic mass is 10.0. The number of phosphoric ester groups is 1. The zero-order valence-electron chi connectivity index (χ0n) is 33.3. The fraction of sp³-hybridized carbons (Fsp3) is 0.951. The number of esters is 1. The fourth-order valence-electron chi connectivity index (χ4n) is 6.26. The molecule has 0 bridgehead atoms.